The van der Waals surface area contributed by atoms with Gasteiger partial charge in [-0.3, -0.25) is 0 Å². The molecule has 0 spiro atoms. The van der Waals surface area contributed by atoms with Crippen LogP contribution < -0.4 is 10.5 Å². The van der Waals surface area contributed by atoms with Crippen molar-refractivity contribution in [3.05, 3.63) is 18.0 Å². The highest BCUT2D eigenvalue weighted by Crippen LogP contribution is 2.18. The van der Waals surface area contributed by atoms with Gasteiger partial charge in [-0.25, -0.2) is 13.1 Å². The summed E-state index contributed by atoms with van der Waals surface area (Å²) < 4.78 is 28.9. The van der Waals surface area contributed by atoms with Crippen LogP contribution in [0, 0.1) is 0 Å². The van der Waals surface area contributed by atoms with Gasteiger partial charge in [0.1, 0.15) is 0 Å². The molecule has 0 unspecified atom stereocenters. The van der Waals surface area contributed by atoms with Crippen LogP contribution in [-0.2, 0) is 23.6 Å². The van der Waals surface area contributed by atoms with Gasteiger partial charge >= 0.3 is 0 Å². The van der Waals surface area contributed by atoms with E-state index in [1.807, 2.05) is 20.8 Å². The number of sulfonamides is 1. The Morgan fingerprint density at radius 1 is 1.44 bits per heavy atom. The molecular formula is C12H23N3O2S. The molecule has 5 nitrogen and oxygen atoms in total. The highest BCUT2D eigenvalue weighted by atomic mass is 32.2. The van der Waals surface area contributed by atoms with Crippen molar-refractivity contribution in [3.8, 4) is 0 Å². The molecule has 0 aromatic carbocycles. The fraction of sp³-hybridized carbons (Fsp3) is 0.667. The van der Waals surface area contributed by atoms with Crippen molar-refractivity contribution >= 4 is 10.0 Å². The van der Waals surface area contributed by atoms with Crippen LogP contribution in [0.3, 0.4) is 0 Å². The van der Waals surface area contributed by atoms with E-state index in [0.29, 0.717) is 6.54 Å². The molecule has 0 fully saturated rings. The molecule has 1 heterocycles. The average Bonchev–Trinajstić information content (AvgIpc) is 2.58. The summed E-state index contributed by atoms with van der Waals surface area (Å²) in [6.07, 6.45) is 3.31. The van der Waals surface area contributed by atoms with Gasteiger partial charge < -0.3 is 10.3 Å². The van der Waals surface area contributed by atoms with Crippen LogP contribution in [0.25, 0.3) is 0 Å². The van der Waals surface area contributed by atoms with E-state index < -0.39 is 15.6 Å². The summed E-state index contributed by atoms with van der Waals surface area (Å²) in [5.74, 6) is 0. The second-order valence-corrected chi connectivity index (χ2v) is 6.90. The van der Waals surface area contributed by atoms with E-state index in [2.05, 4.69) is 4.72 Å². The van der Waals surface area contributed by atoms with Gasteiger partial charge in [-0.2, -0.15) is 0 Å². The van der Waals surface area contributed by atoms with Gasteiger partial charge in [-0.05, 0) is 26.3 Å². The molecule has 6 heteroatoms. The fourth-order valence-corrected chi connectivity index (χ4v) is 3.56. The molecule has 1 aromatic rings. The SMILES string of the molecule is CCCC(C)(C)NS(=O)(=O)c1cc(CN)n(C)c1. The number of aromatic nitrogens is 1. The number of aryl methyl sites for hydroxylation is 1. The average molecular weight is 273 g/mol. The molecule has 0 saturated heterocycles. The first-order valence-corrected chi connectivity index (χ1v) is 7.59. The van der Waals surface area contributed by atoms with Crippen molar-refractivity contribution in [3.63, 3.8) is 0 Å². The quantitative estimate of drug-likeness (QED) is 0.821. The van der Waals surface area contributed by atoms with Crippen LogP contribution in [-0.4, -0.2) is 18.5 Å². The Kier molecular flexibility index (Phi) is 4.58. The van der Waals surface area contributed by atoms with E-state index >= 15 is 0 Å². The maximum atomic E-state index is 12.2. The highest BCUT2D eigenvalue weighted by Gasteiger charge is 2.26. The Morgan fingerprint density at radius 2 is 2.06 bits per heavy atom. The number of nitrogens with one attached hydrogen (secondary N) is 1. The Morgan fingerprint density at radius 3 is 2.50 bits per heavy atom. The summed E-state index contributed by atoms with van der Waals surface area (Å²) in [6, 6.07) is 1.62. The van der Waals surface area contributed by atoms with E-state index in [1.165, 1.54) is 0 Å². The minimum absolute atomic E-state index is 0.273. The molecule has 0 bridgehead atoms. The molecule has 3 N–H and O–H groups in total. The first-order valence-electron chi connectivity index (χ1n) is 6.11. The number of hydrogen-bond acceptors (Lipinski definition) is 3. The first kappa shape index (κ1) is 15.2. The van der Waals surface area contributed by atoms with Crippen molar-refractivity contribution in [1.29, 1.82) is 0 Å². The van der Waals surface area contributed by atoms with Gasteiger partial charge in [0, 0.05) is 31.0 Å². The molecule has 104 valence electrons. The first-order chi connectivity index (χ1) is 8.22. The summed E-state index contributed by atoms with van der Waals surface area (Å²) in [4.78, 5) is 0.273. The molecule has 0 saturated carbocycles. The zero-order valence-electron chi connectivity index (χ0n) is 11.5. The predicted molar refractivity (Wildman–Crippen MR) is 72.6 cm³/mol. The smallest absolute Gasteiger partial charge is 0.242 e. The van der Waals surface area contributed by atoms with Crippen molar-refractivity contribution in [2.24, 2.45) is 12.8 Å². The van der Waals surface area contributed by atoms with Gasteiger partial charge in [-0.15, -0.1) is 0 Å². The summed E-state index contributed by atoms with van der Waals surface area (Å²) in [6.45, 7) is 6.14. The lowest BCUT2D eigenvalue weighted by Crippen LogP contribution is -2.43. The molecule has 0 aliphatic carbocycles. The lowest BCUT2D eigenvalue weighted by atomic mass is 10.0. The molecule has 0 atom stereocenters. The maximum Gasteiger partial charge on any atom is 0.242 e. The van der Waals surface area contributed by atoms with Crippen LogP contribution in [0.5, 0.6) is 0 Å². The Labute approximate surface area is 109 Å². The maximum absolute atomic E-state index is 12.2. The number of nitrogens with two attached hydrogens (primary N) is 1. The van der Waals surface area contributed by atoms with Crippen LogP contribution >= 0.6 is 0 Å². The minimum atomic E-state index is -3.48. The summed E-state index contributed by atoms with van der Waals surface area (Å²) in [5.41, 5.74) is 5.90. The fourth-order valence-electron chi connectivity index (χ4n) is 2.03. The normalized spacial score (nSPS) is 12.9. The third kappa shape index (κ3) is 3.57. The summed E-state index contributed by atoms with van der Waals surface area (Å²) in [7, 11) is -1.69. The monoisotopic (exact) mass is 273 g/mol. The molecular weight excluding hydrogens is 250 g/mol. The Bertz CT molecular complexity index is 503. The third-order valence-corrected chi connectivity index (χ3v) is 4.55. The van der Waals surface area contributed by atoms with Crippen LogP contribution in [0.1, 0.15) is 39.3 Å². The zero-order chi connectivity index (χ0) is 14.0. The lowest BCUT2D eigenvalue weighted by Gasteiger charge is -2.25. The van der Waals surface area contributed by atoms with Gasteiger partial charge in [0.2, 0.25) is 10.0 Å². The number of hydrogen-bond donors (Lipinski definition) is 2. The molecule has 1 rings (SSSR count). The van der Waals surface area contributed by atoms with Gasteiger partial charge in [0.05, 0.1) is 4.90 Å². The molecule has 0 aliphatic heterocycles. The van der Waals surface area contributed by atoms with E-state index in [0.717, 1.165) is 18.5 Å². The van der Waals surface area contributed by atoms with Gasteiger partial charge in [0.25, 0.3) is 0 Å². The van der Waals surface area contributed by atoms with Crippen molar-refractivity contribution in [2.75, 3.05) is 0 Å². The van der Waals surface area contributed by atoms with Crippen LogP contribution in [0.4, 0.5) is 0 Å². The minimum Gasteiger partial charge on any atom is -0.352 e. The molecule has 18 heavy (non-hydrogen) atoms. The summed E-state index contributed by atoms with van der Waals surface area (Å²) in [5, 5.41) is 0. The van der Waals surface area contributed by atoms with Crippen molar-refractivity contribution in [1.82, 2.24) is 9.29 Å². The Balaban J connectivity index is 2.99. The summed E-state index contributed by atoms with van der Waals surface area (Å²) >= 11 is 0. The topological polar surface area (TPSA) is 77.1 Å². The van der Waals surface area contributed by atoms with E-state index in [-0.39, 0.29) is 4.90 Å². The van der Waals surface area contributed by atoms with Gasteiger partial charge in [-0.1, -0.05) is 13.3 Å². The third-order valence-electron chi connectivity index (χ3n) is 2.89. The molecule has 0 aliphatic rings. The highest BCUT2D eigenvalue weighted by molar-refractivity contribution is 7.89. The van der Waals surface area contributed by atoms with Crippen LogP contribution in [0.15, 0.2) is 17.2 Å². The van der Waals surface area contributed by atoms with Crippen molar-refractivity contribution in [2.45, 2.75) is 50.6 Å². The van der Waals surface area contributed by atoms with Crippen LogP contribution in [0.2, 0.25) is 0 Å². The molecule has 1 aromatic heterocycles. The largest absolute Gasteiger partial charge is 0.352 e. The molecule has 0 radical (unpaired) electrons. The second kappa shape index (κ2) is 5.42. The second-order valence-electron chi connectivity index (χ2n) is 5.22. The Hall–Kier alpha value is -0.850. The van der Waals surface area contributed by atoms with Crippen molar-refractivity contribution < 1.29 is 8.42 Å². The zero-order valence-corrected chi connectivity index (χ0v) is 12.3. The van der Waals surface area contributed by atoms with E-state index in [4.69, 9.17) is 5.73 Å². The number of rotatable bonds is 6. The van der Waals surface area contributed by atoms with E-state index in [1.54, 1.807) is 23.9 Å². The standard InChI is InChI=1S/C12H23N3O2S/c1-5-6-12(2,3)14-18(16,17)11-7-10(8-13)15(4)9-11/h7,9,14H,5-6,8,13H2,1-4H3. The van der Waals surface area contributed by atoms with E-state index in [9.17, 15) is 8.42 Å². The predicted octanol–water partition coefficient (Wildman–Crippen LogP) is 1.34. The number of nitrogens with zero attached hydrogens (tertiary/aromatic N) is 1. The van der Waals surface area contributed by atoms with Gasteiger partial charge in [0.15, 0.2) is 0 Å². The molecule has 0 amide bonds. The lowest BCUT2D eigenvalue weighted by molar-refractivity contribution is 0.417.